The number of nitrogens with one attached hydrogen (secondary N) is 1. The third kappa shape index (κ3) is 9.63. The standard InChI is InChI=1S/C48H61N5O8S/c1-4-61-43-30-36(12-14-42(43)60-2)41(31-62(3,58)59)53-47(56)40-7-5-6-38(45(40)48(53)57)35-16-22-50(23-17-35)28-29-51-24-20-37(21-25-51)52-26-18-33(19-27-52)32-8-10-34(11-9-32)39-13-15-44(54)49-46(39)55/h5-12,14,30,33,35,37,39,41H,4,13,15-29,31H2,1-3H3,(H,49,54,55)/t39?,41-/m1/s1. The molecule has 2 atom stereocenters. The fourth-order valence-corrected chi connectivity index (χ4v) is 11.5. The van der Waals surface area contributed by atoms with Crippen LogP contribution in [0.4, 0.5) is 0 Å². The van der Waals surface area contributed by atoms with E-state index in [4.69, 9.17) is 9.47 Å². The van der Waals surface area contributed by atoms with E-state index in [0.29, 0.717) is 59.6 Å². The molecule has 0 bridgehead atoms. The predicted octanol–water partition coefficient (Wildman–Crippen LogP) is 5.52. The molecule has 332 valence electrons. The molecule has 0 radical (unpaired) electrons. The Morgan fingerprint density at radius 1 is 0.742 bits per heavy atom. The molecule has 4 saturated heterocycles. The van der Waals surface area contributed by atoms with Gasteiger partial charge in [0.2, 0.25) is 11.8 Å². The van der Waals surface area contributed by atoms with Gasteiger partial charge in [0.15, 0.2) is 11.5 Å². The SMILES string of the molecule is CCOc1cc([C@@H](CS(C)(=O)=O)N2C(=O)c3cccc(C4CCN(CCN5CCC(N6CCC(c7ccc(C8CCC(=O)NC8=O)cc7)CC6)CC5)CC4)c3C2=O)ccc1OC. The lowest BCUT2D eigenvalue weighted by molar-refractivity contribution is -0.134. The van der Waals surface area contributed by atoms with Crippen LogP contribution in [-0.4, -0.2) is 136 Å². The molecule has 62 heavy (non-hydrogen) atoms. The van der Waals surface area contributed by atoms with Gasteiger partial charge in [0, 0.05) is 31.8 Å². The van der Waals surface area contributed by atoms with Crippen molar-refractivity contribution in [2.24, 2.45) is 0 Å². The van der Waals surface area contributed by atoms with Gasteiger partial charge in [-0.25, -0.2) is 8.42 Å². The lowest BCUT2D eigenvalue weighted by Gasteiger charge is -2.42. The van der Waals surface area contributed by atoms with Gasteiger partial charge < -0.3 is 24.2 Å². The summed E-state index contributed by atoms with van der Waals surface area (Å²) < 4.78 is 36.7. The normalized spacial score (nSPS) is 22.2. The summed E-state index contributed by atoms with van der Waals surface area (Å²) in [4.78, 5) is 61.2. The number of methoxy groups -OCH3 is 1. The molecule has 13 nitrogen and oxygen atoms in total. The minimum Gasteiger partial charge on any atom is -0.493 e. The van der Waals surface area contributed by atoms with Crippen molar-refractivity contribution in [2.45, 2.75) is 88.1 Å². The summed E-state index contributed by atoms with van der Waals surface area (Å²) in [5, 5.41) is 2.48. The summed E-state index contributed by atoms with van der Waals surface area (Å²) in [7, 11) is -2.08. The number of amides is 4. The predicted molar refractivity (Wildman–Crippen MR) is 237 cm³/mol. The van der Waals surface area contributed by atoms with Gasteiger partial charge in [0.05, 0.1) is 42.6 Å². The van der Waals surface area contributed by atoms with E-state index in [9.17, 15) is 27.6 Å². The van der Waals surface area contributed by atoms with Gasteiger partial charge in [-0.3, -0.25) is 29.4 Å². The number of likely N-dealkylation sites (tertiary alicyclic amines) is 3. The zero-order valence-electron chi connectivity index (χ0n) is 36.4. The van der Waals surface area contributed by atoms with E-state index in [-0.39, 0.29) is 23.7 Å². The Morgan fingerprint density at radius 2 is 1.39 bits per heavy atom. The molecule has 0 aromatic heterocycles. The van der Waals surface area contributed by atoms with Gasteiger partial charge in [-0.1, -0.05) is 42.5 Å². The summed E-state index contributed by atoms with van der Waals surface area (Å²) in [6, 6.07) is 18.7. The van der Waals surface area contributed by atoms with Crippen LogP contribution in [0.5, 0.6) is 11.5 Å². The number of hydrogen-bond donors (Lipinski definition) is 1. The molecule has 5 aliphatic heterocycles. The molecule has 5 aliphatic rings. The number of benzene rings is 3. The molecule has 5 heterocycles. The summed E-state index contributed by atoms with van der Waals surface area (Å²) >= 11 is 0. The molecule has 4 fully saturated rings. The number of carbonyl (C=O) groups excluding carboxylic acids is 4. The van der Waals surface area contributed by atoms with Gasteiger partial charge in [-0.15, -0.1) is 0 Å². The Balaban J connectivity index is 0.807. The molecule has 0 saturated carbocycles. The molecule has 0 aliphatic carbocycles. The maximum atomic E-state index is 14.3. The molecular weight excluding hydrogens is 807 g/mol. The van der Waals surface area contributed by atoms with E-state index in [2.05, 4.69) is 44.3 Å². The molecule has 8 rings (SSSR count). The van der Waals surface area contributed by atoms with E-state index in [1.165, 1.54) is 25.5 Å². The lowest BCUT2D eigenvalue weighted by atomic mass is 9.85. The van der Waals surface area contributed by atoms with E-state index in [1.807, 2.05) is 19.1 Å². The second-order valence-electron chi connectivity index (χ2n) is 17.9. The molecule has 3 aromatic carbocycles. The third-order valence-corrected chi connectivity index (χ3v) is 15.0. The van der Waals surface area contributed by atoms with Gasteiger partial charge in [0.1, 0.15) is 9.84 Å². The molecular formula is C48H61N5O8S. The summed E-state index contributed by atoms with van der Waals surface area (Å²) in [6.07, 6.45) is 8.52. The maximum Gasteiger partial charge on any atom is 0.262 e. The van der Waals surface area contributed by atoms with Crippen molar-refractivity contribution in [3.63, 3.8) is 0 Å². The Kier molecular flexibility index (Phi) is 13.5. The largest absolute Gasteiger partial charge is 0.493 e. The van der Waals surface area contributed by atoms with E-state index < -0.39 is 33.4 Å². The van der Waals surface area contributed by atoms with Crippen molar-refractivity contribution in [1.29, 1.82) is 0 Å². The number of ether oxygens (including phenoxy) is 2. The van der Waals surface area contributed by atoms with Gasteiger partial charge in [-0.2, -0.15) is 0 Å². The Labute approximate surface area is 366 Å². The molecule has 1 N–H and O–H groups in total. The molecule has 14 heteroatoms. The van der Waals surface area contributed by atoms with E-state index in [0.717, 1.165) is 100 Å². The Bertz CT molecular complexity index is 2240. The van der Waals surface area contributed by atoms with Crippen LogP contribution in [0.1, 0.15) is 125 Å². The average Bonchev–Trinajstić information content (AvgIpc) is 3.53. The Hall–Kier alpha value is -4.63. The van der Waals surface area contributed by atoms with Crippen molar-refractivity contribution >= 4 is 33.5 Å². The van der Waals surface area contributed by atoms with Gasteiger partial charge >= 0.3 is 0 Å². The fourth-order valence-electron chi connectivity index (χ4n) is 10.6. The number of carbonyl (C=O) groups is 4. The highest BCUT2D eigenvalue weighted by molar-refractivity contribution is 7.90. The minimum atomic E-state index is -3.60. The van der Waals surface area contributed by atoms with E-state index in [1.54, 1.807) is 24.3 Å². The highest BCUT2D eigenvalue weighted by Crippen LogP contribution is 2.41. The van der Waals surface area contributed by atoms with Crippen LogP contribution in [-0.2, 0) is 19.4 Å². The van der Waals surface area contributed by atoms with Crippen LogP contribution in [0.25, 0.3) is 0 Å². The number of nitrogens with zero attached hydrogens (tertiary/aromatic N) is 4. The minimum absolute atomic E-state index is 0.119. The molecule has 0 spiro atoms. The number of sulfone groups is 1. The molecule has 4 amide bonds. The topological polar surface area (TPSA) is 146 Å². The first-order chi connectivity index (χ1) is 29.9. The molecule has 1 unspecified atom stereocenters. The highest BCUT2D eigenvalue weighted by Gasteiger charge is 2.44. The monoisotopic (exact) mass is 867 g/mol. The first kappa shape index (κ1) is 44.0. The van der Waals surface area contributed by atoms with Crippen molar-refractivity contribution in [2.75, 3.05) is 78.1 Å². The van der Waals surface area contributed by atoms with Crippen molar-refractivity contribution in [1.82, 2.24) is 24.9 Å². The number of piperidine rings is 4. The zero-order valence-corrected chi connectivity index (χ0v) is 37.2. The van der Waals surface area contributed by atoms with E-state index >= 15 is 0 Å². The fraction of sp³-hybridized carbons (Fsp3) is 0.542. The average molecular weight is 868 g/mol. The van der Waals surface area contributed by atoms with Gasteiger partial charge in [-0.05, 0) is 143 Å². The number of fused-ring (bicyclic) bond motifs is 1. The maximum absolute atomic E-state index is 14.3. The molecule has 3 aromatic rings. The summed E-state index contributed by atoms with van der Waals surface area (Å²) in [6.45, 7) is 10.5. The van der Waals surface area contributed by atoms with Gasteiger partial charge in [0.25, 0.3) is 11.8 Å². The summed E-state index contributed by atoms with van der Waals surface area (Å²) in [5.74, 6) is -0.380. The van der Waals surface area contributed by atoms with Crippen molar-refractivity contribution in [3.8, 4) is 11.5 Å². The second kappa shape index (κ2) is 19.0. The van der Waals surface area contributed by atoms with Crippen LogP contribution in [0.3, 0.4) is 0 Å². The smallest absolute Gasteiger partial charge is 0.262 e. The van der Waals surface area contributed by atoms with Crippen molar-refractivity contribution < 1.29 is 37.1 Å². The van der Waals surface area contributed by atoms with Crippen LogP contribution in [0.2, 0.25) is 0 Å². The first-order valence-corrected chi connectivity index (χ1v) is 24.6. The van der Waals surface area contributed by atoms with Crippen LogP contribution in [0.15, 0.2) is 60.7 Å². The second-order valence-corrected chi connectivity index (χ2v) is 20.1. The van der Waals surface area contributed by atoms with Crippen LogP contribution < -0.4 is 14.8 Å². The zero-order chi connectivity index (χ0) is 43.5. The first-order valence-electron chi connectivity index (χ1n) is 22.5. The number of imide groups is 2. The lowest BCUT2D eigenvalue weighted by Crippen LogP contribution is -2.49. The quantitative estimate of drug-likeness (QED) is 0.205. The van der Waals surface area contributed by atoms with Crippen LogP contribution >= 0.6 is 0 Å². The summed E-state index contributed by atoms with van der Waals surface area (Å²) in [5.41, 5.74) is 4.44. The van der Waals surface area contributed by atoms with Crippen LogP contribution in [0, 0.1) is 0 Å². The van der Waals surface area contributed by atoms with Crippen molar-refractivity contribution in [3.05, 3.63) is 94.0 Å². The number of hydrogen-bond acceptors (Lipinski definition) is 11. The highest BCUT2D eigenvalue weighted by atomic mass is 32.2. The Morgan fingerprint density at radius 3 is 2.02 bits per heavy atom. The third-order valence-electron chi connectivity index (χ3n) is 14.0. The number of rotatable bonds is 14.